The number of halogens is 1. The number of methoxy groups -OCH3 is 1. The van der Waals surface area contributed by atoms with Gasteiger partial charge in [0.1, 0.15) is 18.1 Å². The van der Waals surface area contributed by atoms with Gasteiger partial charge in [0.2, 0.25) is 0 Å². The summed E-state index contributed by atoms with van der Waals surface area (Å²) in [5.41, 5.74) is 1.87. The minimum absolute atomic E-state index is 0.228. The van der Waals surface area contributed by atoms with Crippen LogP contribution in [0.1, 0.15) is 10.4 Å². The van der Waals surface area contributed by atoms with Crippen molar-refractivity contribution in [2.45, 2.75) is 0 Å². The van der Waals surface area contributed by atoms with Gasteiger partial charge in [-0.3, -0.25) is 9.78 Å². The van der Waals surface area contributed by atoms with E-state index in [4.69, 9.17) is 21.1 Å². The Bertz CT molecular complexity index is 932. The molecule has 144 valence electrons. The summed E-state index contributed by atoms with van der Waals surface area (Å²) in [6, 6.07) is 16.3. The van der Waals surface area contributed by atoms with Crippen molar-refractivity contribution in [2.24, 2.45) is 0 Å². The molecule has 1 amide bonds. The SMILES string of the molecule is COc1ccc(OCCNC(=O)c2cncc(Nc3ccccc3Cl)c2)cc1. The van der Waals surface area contributed by atoms with Gasteiger partial charge >= 0.3 is 0 Å². The number of hydrogen-bond acceptors (Lipinski definition) is 5. The van der Waals surface area contributed by atoms with Crippen LogP contribution in [0.3, 0.4) is 0 Å². The topological polar surface area (TPSA) is 72.5 Å². The van der Waals surface area contributed by atoms with Crippen LogP contribution in [-0.4, -0.2) is 31.2 Å². The summed E-state index contributed by atoms with van der Waals surface area (Å²) < 4.78 is 10.7. The fourth-order valence-electron chi connectivity index (χ4n) is 2.46. The Morgan fingerprint density at radius 2 is 1.82 bits per heavy atom. The lowest BCUT2D eigenvalue weighted by atomic mass is 10.2. The number of ether oxygens (including phenoxy) is 2. The van der Waals surface area contributed by atoms with Crippen LogP contribution in [0.4, 0.5) is 11.4 Å². The van der Waals surface area contributed by atoms with Gasteiger partial charge in [-0.05, 0) is 42.5 Å². The van der Waals surface area contributed by atoms with Crippen molar-refractivity contribution in [3.8, 4) is 11.5 Å². The first-order valence-corrected chi connectivity index (χ1v) is 9.05. The molecule has 7 heteroatoms. The number of amides is 1. The van der Waals surface area contributed by atoms with Gasteiger partial charge < -0.3 is 20.1 Å². The maximum Gasteiger partial charge on any atom is 0.253 e. The summed E-state index contributed by atoms with van der Waals surface area (Å²) in [5, 5.41) is 6.56. The Balaban J connectivity index is 1.50. The Morgan fingerprint density at radius 3 is 2.57 bits per heavy atom. The quantitative estimate of drug-likeness (QED) is 0.554. The average molecular weight is 398 g/mol. The summed E-state index contributed by atoms with van der Waals surface area (Å²) in [6.45, 7) is 0.718. The molecular weight excluding hydrogens is 378 g/mol. The molecule has 3 aromatic rings. The number of pyridine rings is 1. The zero-order chi connectivity index (χ0) is 19.8. The third-order valence-corrected chi connectivity index (χ3v) is 4.20. The molecule has 0 fully saturated rings. The number of carbonyl (C=O) groups excluding carboxylic acids is 1. The van der Waals surface area contributed by atoms with Crippen LogP contribution < -0.4 is 20.1 Å². The number of rotatable bonds is 8. The van der Waals surface area contributed by atoms with E-state index < -0.39 is 0 Å². The maximum absolute atomic E-state index is 12.3. The molecule has 28 heavy (non-hydrogen) atoms. The number of para-hydroxylation sites is 1. The van der Waals surface area contributed by atoms with E-state index in [0.717, 1.165) is 11.4 Å². The molecular formula is C21H20ClN3O3. The standard InChI is InChI=1S/C21H20ClN3O3/c1-27-17-6-8-18(9-7-17)28-11-10-24-21(26)15-12-16(14-23-13-15)25-20-5-3-2-4-19(20)22/h2-9,12-14,25H,10-11H2,1H3,(H,24,26). The lowest BCUT2D eigenvalue weighted by Gasteiger charge is -2.10. The van der Waals surface area contributed by atoms with Crippen molar-refractivity contribution in [3.63, 3.8) is 0 Å². The number of nitrogens with one attached hydrogen (secondary N) is 2. The second kappa shape index (κ2) is 9.62. The van der Waals surface area contributed by atoms with Gasteiger partial charge in [-0.2, -0.15) is 0 Å². The second-order valence-corrected chi connectivity index (χ2v) is 6.25. The molecule has 0 unspecified atom stereocenters. The Kier molecular flexibility index (Phi) is 6.70. The minimum Gasteiger partial charge on any atom is -0.497 e. The molecule has 6 nitrogen and oxygen atoms in total. The normalized spacial score (nSPS) is 10.2. The minimum atomic E-state index is -0.228. The van der Waals surface area contributed by atoms with Crippen LogP contribution >= 0.6 is 11.6 Å². The van der Waals surface area contributed by atoms with Gasteiger partial charge in [0, 0.05) is 6.20 Å². The third-order valence-electron chi connectivity index (χ3n) is 3.87. The number of anilines is 2. The highest BCUT2D eigenvalue weighted by molar-refractivity contribution is 6.33. The molecule has 0 spiro atoms. The van der Waals surface area contributed by atoms with Crippen molar-refractivity contribution in [1.29, 1.82) is 0 Å². The lowest BCUT2D eigenvalue weighted by Crippen LogP contribution is -2.28. The second-order valence-electron chi connectivity index (χ2n) is 5.85. The molecule has 1 aromatic heterocycles. The molecule has 0 bridgehead atoms. The van der Waals surface area contributed by atoms with E-state index in [0.29, 0.717) is 35.2 Å². The Hall–Kier alpha value is -3.25. The van der Waals surface area contributed by atoms with Gasteiger partial charge in [-0.1, -0.05) is 23.7 Å². The largest absolute Gasteiger partial charge is 0.497 e. The zero-order valence-electron chi connectivity index (χ0n) is 15.3. The molecule has 0 saturated carbocycles. The van der Waals surface area contributed by atoms with Crippen LogP contribution in [0, 0.1) is 0 Å². The predicted molar refractivity (Wildman–Crippen MR) is 110 cm³/mol. The molecule has 2 N–H and O–H groups in total. The van der Waals surface area contributed by atoms with E-state index in [1.807, 2.05) is 42.5 Å². The summed E-state index contributed by atoms with van der Waals surface area (Å²) in [7, 11) is 1.61. The van der Waals surface area contributed by atoms with Crippen LogP contribution in [0.25, 0.3) is 0 Å². The average Bonchev–Trinajstić information content (AvgIpc) is 2.73. The Labute approximate surface area is 168 Å². The number of nitrogens with zero attached hydrogens (tertiary/aromatic N) is 1. The van der Waals surface area contributed by atoms with Crippen LogP contribution in [0.15, 0.2) is 67.0 Å². The van der Waals surface area contributed by atoms with Gasteiger partial charge in [-0.15, -0.1) is 0 Å². The molecule has 2 aromatic carbocycles. The van der Waals surface area contributed by atoms with Gasteiger partial charge in [-0.25, -0.2) is 0 Å². The van der Waals surface area contributed by atoms with Gasteiger partial charge in [0.15, 0.2) is 0 Å². The fourth-order valence-corrected chi connectivity index (χ4v) is 2.64. The molecule has 0 saturated heterocycles. The number of carbonyl (C=O) groups is 1. The van der Waals surface area contributed by atoms with Crippen LogP contribution in [0.2, 0.25) is 5.02 Å². The molecule has 1 heterocycles. The Morgan fingerprint density at radius 1 is 1.07 bits per heavy atom. The van der Waals surface area contributed by atoms with Crippen molar-refractivity contribution in [1.82, 2.24) is 10.3 Å². The van der Waals surface area contributed by atoms with Gasteiger partial charge in [0.25, 0.3) is 5.91 Å². The molecule has 0 atom stereocenters. The number of aromatic nitrogens is 1. The fraction of sp³-hybridized carbons (Fsp3) is 0.143. The first-order chi connectivity index (χ1) is 13.7. The van der Waals surface area contributed by atoms with Gasteiger partial charge in [0.05, 0.1) is 41.8 Å². The van der Waals surface area contributed by atoms with Crippen LogP contribution in [-0.2, 0) is 0 Å². The highest BCUT2D eigenvalue weighted by Crippen LogP contribution is 2.24. The predicted octanol–water partition coefficient (Wildman–Crippen LogP) is 4.30. The first-order valence-electron chi connectivity index (χ1n) is 8.67. The molecule has 0 radical (unpaired) electrons. The summed E-state index contributed by atoms with van der Waals surface area (Å²) in [5.74, 6) is 1.25. The monoisotopic (exact) mass is 397 g/mol. The maximum atomic E-state index is 12.3. The molecule has 3 rings (SSSR count). The van der Waals surface area contributed by atoms with Crippen molar-refractivity contribution >= 4 is 28.9 Å². The smallest absolute Gasteiger partial charge is 0.253 e. The van der Waals surface area contributed by atoms with E-state index in [1.54, 1.807) is 25.4 Å². The van der Waals surface area contributed by atoms with E-state index in [-0.39, 0.29) is 5.91 Å². The lowest BCUT2D eigenvalue weighted by molar-refractivity contribution is 0.0946. The number of benzene rings is 2. The highest BCUT2D eigenvalue weighted by atomic mass is 35.5. The first kappa shape index (κ1) is 19.5. The number of hydrogen-bond donors (Lipinski definition) is 2. The van der Waals surface area contributed by atoms with E-state index >= 15 is 0 Å². The van der Waals surface area contributed by atoms with Crippen molar-refractivity contribution in [2.75, 3.05) is 25.6 Å². The summed E-state index contributed by atoms with van der Waals surface area (Å²) >= 11 is 6.15. The van der Waals surface area contributed by atoms with E-state index in [9.17, 15) is 4.79 Å². The molecule has 0 aliphatic heterocycles. The highest BCUT2D eigenvalue weighted by Gasteiger charge is 2.08. The van der Waals surface area contributed by atoms with Crippen molar-refractivity contribution in [3.05, 3.63) is 77.6 Å². The van der Waals surface area contributed by atoms with Crippen LogP contribution in [0.5, 0.6) is 11.5 Å². The molecule has 0 aliphatic rings. The van der Waals surface area contributed by atoms with Crippen molar-refractivity contribution < 1.29 is 14.3 Å². The third kappa shape index (κ3) is 5.37. The molecule has 0 aliphatic carbocycles. The van der Waals surface area contributed by atoms with E-state index in [2.05, 4.69) is 15.6 Å². The van der Waals surface area contributed by atoms with E-state index in [1.165, 1.54) is 6.20 Å². The summed E-state index contributed by atoms with van der Waals surface area (Å²) in [6.07, 6.45) is 3.14. The summed E-state index contributed by atoms with van der Waals surface area (Å²) in [4.78, 5) is 16.4. The zero-order valence-corrected chi connectivity index (χ0v) is 16.1.